The first-order valence-corrected chi connectivity index (χ1v) is 15.3. The first kappa shape index (κ1) is 31.6. The second-order valence-corrected chi connectivity index (χ2v) is 12.7. The molecule has 3 rings (SSSR count). The van der Waals surface area contributed by atoms with Gasteiger partial charge in [0.1, 0.15) is 6.04 Å². The summed E-state index contributed by atoms with van der Waals surface area (Å²) in [6.07, 6.45) is 0.574. The molecule has 1 N–H and O–H groups in total. The molecule has 0 aromatic heterocycles. The van der Waals surface area contributed by atoms with E-state index >= 15 is 0 Å². The fourth-order valence-corrected chi connectivity index (χ4v) is 6.02. The van der Waals surface area contributed by atoms with Crippen molar-refractivity contribution >= 4 is 45.0 Å². The van der Waals surface area contributed by atoms with Crippen molar-refractivity contribution in [1.29, 1.82) is 0 Å². The molecule has 0 saturated carbocycles. The summed E-state index contributed by atoms with van der Waals surface area (Å²) >= 11 is 12.9. The summed E-state index contributed by atoms with van der Waals surface area (Å²) in [6.45, 7) is 3.87. The van der Waals surface area contributed by atoms with Crippen molar-refractivity contribution in [2.45, 2.75) is 56.6 Å². The maximum Gasteiger partial charge on any atom is 0.243 e. The van der Waals surface area contributed by atoms with Crippen LogP contribution in [-0.4, -0.2) is 55.1 Å². The molecule has 0 fully saturated rings. The van der Waals surface area contributed by atoms with Crippen molar-refractivity contribution in [3.05, 3.63) is 100 Å². The maximum absolute atomic E-state index is 13.8. The molecule has 0 saturated heterocycles. The third kappa shape index (κ3) is 8.54. The Morgan fingerprint density at radius 2 is 1.45 bits per heavy atom. The van der Waals surface area contributed by atoms with Crippen LogP contribution in [0.3, 0.4) is 0 Å². The molecule has 1 unspecified atom stereocenters. The molecule has 214 valence electrons. The average molecular weight is 605 g/mol. The molecule has 0 aliphatic heterocycles. The van der Waals surface area contributed by atoms with Gasteiger partial charge in [-0.15, -0.1) is 0 Å². The van der Waals surface area contributed by atoms with E-state index in [-0.39, 0.29) is 55.1 Å². The van der Waals surface area contributed by atoms with Gasteiger partial charge in [-0.3, -0.25) is 9.59 Å². The van der Waals surface area contributed by atoms with Crippen molar-refractivity contribution < 1.29 is 18.0 Å². The van der Waals surface area contributed by atoms with Crippen LogP contribution in [0.25, 0.3) is 0 Å². The Kier molecular flexibility index (Phi) is 11.6. The van der Waals surface area contributed by atoms with E-state index in [0.29, 0.717) is 15.6 Å². The van der Waals surface area contributed by atoms with Crippen LogP contribution in [0, 0.1) is 0 Å². The van der Waals surface area contributed by atoms with Crippen molar-refractivity contribution in [2.24, 2.45) is 0 Å². The Morgan fingerprint density at radius 1 is 0.875 bits per heavy atom. The van der Waals surface area contributed by atoms with E-state index < -0.39 is 16.1 Å². The van der Waals surface area contributed by atoms with Gasteiger partial charge in [-0.25, -0.2) is 12.7 Å². The van der Waals surface area contributed by atoms with Gasteiger partial charge in [0.2, 0.25) is 21.8 Å². The zero-order valence-electron chi connectivity index (χ0n) is 22.9. The largest absolute Gasteiger partial charge is 0.352 e. The monoisotopic (exact) mass is 603 g/mol. The molecular formula is C30H35Cl2N3O4S. The third-order valence-electron chi connectivity index (χ3n) is 6.41. The van der Waals surface area contributed by atoms with Gasteiger partial charge in [0, 0.05) is 54.6 Å². The number of carbonyl (C=O) groups is 2. The number of nitrogens with one attached hydrogen (secondary N) is 1. The van der Waals surface area contributed by atoms with Crippen LogP contribution in [0.4, 0.5) is 0 Å². The fourth-order valence-electron chi connectivity index (χ4n) is 4.28. The lowest BCUT2D eigenvalue weighted by atomic mass is 10.0. The average Bonchev–Trinajstić information content (AvgIpc) is 2.92. The summed E-state index contributed by atoms with van der Waals surface area (Å²) < 4.78 is 27.1. The third-order valence-corrected chi connectivity index (χ3v) is 8.99. The number of rotatable bonds is 13. The van der Waals surface area contributed by atoms with Crippen LogP contribution < -0.4 is 5.32 Å². The number of halogens is 2. The molecule has 2 amide bonds. The molecule has 7 nitrogen and oxygen atoms in total. The summed E-state index contributed by atoms with van der Waals surface area (Å²) in [5.41, 5.74) is 1.43. The van der Waals surface area contributed by atoms with Crippen molar-refractivity contribution in [3.63, 3.8) is 0 Å². The normalized spacial score (nSPS) is 12.4. The molecule has 0 aliphatic carbocycles. The Balaban J connectivity index is 1.87. The highest BCUT2D eigenvalue weighted by molar-refractivity contribution is 7.89. The molecule has 10 heteroatoms. The molecule has 40 heavy (non-hydrogen) atoms. The number of amides is 2. The van der Waals surface area contributed by atoms with E-state index in [4.69, 9.17) is 23.2 Å². The van der Waals surface area contributed by atoms with Gasteiger partial charge >= 0.3 is 0 Å². The number of nitrogens with zero attached hydrogens (tertiary/aromatic N) is 2. The molecule has 1 atom stereocenters. The van der Waals surface area contributed by atoms with E-state index in [2.05, 4.69) is 5.32 Å². The minimum absolute atomic E-state index is 0.0248. The Labute approximate surface area is 247 Å². The predicted molar refractivity (Wildman–Crippen MR) is 160 cm³/mol. The molecule has 0 heterocycles. The van der Waals surface area contributed by atoms with Crippen LogP contribution in [0.15, 0.2) is 83.8 Å². The SMILES string of the molecule is CC(C)NC(=O)C(Cc1ccccc1)N(Cc1c(Cl)cccc1Cl)C(=O)CCCN(C)S(=O)(=O)c1ccccc1. The van der Waals surface area contributed by atoms with Crippen LogP contribution in [0.1, 0.15) is 37.8 Å². The van der Waals surface area contributed by atoms with Crippen LogP contribution in [0.2, 0.25) is 10.0 Å². The summed E-state index contributed by atoms with van der Waals surface area (Å²) in [6, 6.07) is 21.7. The molecule has 3 aromatic carbocycles. The first-order chi connectivity index (χ1) is 19.0. The number of sulfonamides is 1. The second kappa shape index (κ2) is 14.6. The van der Waals surface area contributed by atoms with Gasteiger partial charge in [-0.2, -0.15) is 0 Å². The van der Waals surface area contributed by atoms with E-state index in [1.54, 1.807) is 36.4 Å². The fraction of sp³-hybridized carbons (Fsp3) is 0.333. The van der Waals surface area contributed by atoms with Crippen molar-refractivity contribution in [3.8, 4) is 0 Å². The first-order valence-electron chi connectivity index (χ1n) is 13.1. The molecule has 0 spiro atoms. The Hall–Kier alpha value is -2.91. The van der Waals surface area contributed by atoms with E-state index in [1.807, 2.05) is 44.2 Å². The van der Waals surface area contributed by atoms with Gasteiger partial charge in [-0.05, 0) is 50.1 Å². The summed E-state index contributed by atoms with van der Waals surface area (Å²) in [5, 5.41) is 3.72. The molecular weight excluding hydrogens is 569 g/mol. The van der Waals surface area contributed by atoms with Crippen LogP contribution >= 0.6 is 23.2 Å². The molecule has 0 aliphatic rings. The lowest BCUT2D eigenvalue weighted by Gasteiger charge is -2.32. The van der Waals surface area contributed by atoms with E-state index in [1.165, 1.54) is 28.4 Å². The molecule has 0 radical (unpaired) electrons. The van der Waals surface area contributed by atoms with Gasteiger partial charge in [0.05, 0.1) is 4.90 Å². The Morgan fingerprint density at radius 3 is 2.02 bits per heavy atom. The zero-order valence-corrected chi connectivity index (χ0v) is 25.2. The van der Waals surface area contributed by atoms with Gasteiger partial charge in [0.25, 0.3) is 0 Å². The zero-order chi connectivity index (χ0) is 29.3. The second-order valence-electron chi connectivity index (χ2n) is 9.83. The summed E-state index contributed by atoms with van der Waals surface area (Å²) in [7, 11) is -2.20. The van der Waals surface area contributed by atoms with Gasteiger partial charge in [-0.1, -0.05) is 77.8 Å². The summed E-state index contributed by atoms with van der Waals surface area (Å²) in [4.78, 5) is 29.0. The molecule has 3 aromatic rings. The number of hydrogen-bond acceptors (Lipinski definition) is 4. The van der Waals surface area contributed by atoms with Gasteiger partial charge in [0.15, 0.2) is 0 Å². The quantitative estimate of drug-likeness (QED) is 0.277. The van der Waals surface area contributed by atoms with Crippen LogP contribution in [-0.2, 0) is 32.6 Å². The summed E-state index contributed by atoms with van der Waals surface area (Å²) in [5.74, 6) is -0.597. The lowest BCUT2D eigenvalue weighted by Crippen LogP contribution is -2.52. The van der Waals surface area contributed by atoms with E-state index in [9.17, 15) is 18.0 Å². The number of hydrogen-bond donors (Lipinski definition) is 1. The Bertz CT molecular complexity index is 1370. The van der Waals surface area contributed by atoms with Crippen molar-refractivity contribution in [1.82, 2.24) is 14.5 Å². The van der Waals surface area contributed by atoms with Crippen molar-refractivity contribution in [2.75, 3.05) is 13.6 Å². The minimum atomic E-state index is -3.69. The minimum Gasteiger partial charge on any atom is -0.352 e. The highest BCUT2D eigenvalue weighted by Gasteiger charge is 2.31. The van der Waals surface area contributed by atoms with Crippen LogP contribution in [0.5, 0.6) is 0 Å². The molecule has 0 bridgehead atoms. The standard InChI is InChI=1S/C30H35Cl2N3O4S/c1-22(2)33-30(37)28(20-23-12-6-4-7-13-23)35(21-25-26(31)16-10-17-27(25)32)29(36)18-11-19-34(3)40(38,39)24-14-8-5-9-15-24/h4-10,12-17,22,28H,11,18-21H2,1-3H3,(H,33,37). The number of carbonyl (C=O) groups excluding carboxylic acids is 2. The maximum atomic E-state index is 13.8. The topological polar surface area (TPSA) is 86.8 Å². The smallest absolute Gasteiger partial charge is 0.243 e. The number of benzene rings is 3. The van der Waals surface area contributed by atoms with E-state index in [0.717, 1.165) is 5.56 Å². The highest BCUT2D eigenvalue weighted by Crippen LogP contribution is 2.28. The lowest BCUT2D eigenvalue weighted by molar-refractivity contribution is -0.141. The highest BCUT2D eigenvalue weighted by atomic mass is 35.5. The predicted octanol–water partition coefficient (Wildman–Crippen LogP) is 5.56. The van der Waals surface area contributed by atoms with Gasteiger partial charge < -0.3 is 10.2 Å².